The van der Waals surface area contributed by atoms with E-state index in [2.05, 4.69) is 21.2 Å². The Kier molecular flexibility index (Phi) is 4.22. The molecule has 0 fully saturated rings. The Morgan fingerprint density at radius 1 is 1.32 bits per heavy atom. The van der Waals surface area contributed by atoms with Gasteiger partial charge in [0, 0.05) is 10.0 Å². The number of aryl methyl sites for hydroxylation is 1. The minimum absolute atomic E-state index is 0.00598. The summed E-state index contributed by atoms with van der Waals surface area (Å²) in [5.74, 6) is -0.959. The van der Waals surface area contributed by atoms with Crippen LogP contribution >= 0.6 is 27.5 Å². The van der Waals surface area contributed by atoms with Gasteiger partial charge < -0.3 is 5.32 Å². The third kappa shape index (κ3) is 3.14. The average Bonchev–Trinajstić information content (AvgIpc) is 2.37. The second-order valence-electron chi connectivity index (χ2n) is 4.01. The number of anilines is 1. The molecule has 2 aromatic carbocycles. The summed E-state index contributed by atoms with van der Waals surface area (Å²) in [7, 11) is 0. The van der Waals surface area contributed by atoms with Gasteiger partial charge in [0.25, 0.3) is 5.91 Å². The van der Waals surface area contributed by atoms with Gasteiger partial charge in [-0.15, -0.1) is 0 Å². The Hall–Kier alpha value is -1.39. The van der Waals surface area contributed by atoms with Crippen LogP contribution in [0.2, 0.25) is 5.02 Å². The number of benzene rings is 2. The predicted molar refractivity (Wildman–Crippen MR) is 78.2 cm³/mol. The fourth-order valence-corrected chi connectivity index (χ4v) is 2.21. The largest absolute Gasteiger partial charge is 0.318 e. The number of hydrogen-bond acceptors (Lipinski definition) is 1. The maximum atomic E-state index is 13.6. The topological polar surface area (TPSA) is 29.1 Å². The van der Waals surface area contributed by atoms with Gasteiger partial charge in [0.05, 0.1) is 10.7 Å². The number of para-hydroxylation sites is 1. The third-order valence-electron chi connectivity index (χ3n) is 2.65. The fourth-order valence-electron chi connectivity index (χ4n) is 1.64. The lowest BCUT2D eigenvalue weighted by Gasteiger charge is -2.10. The van der Waals surface area contributed by atoms with E-state index >= 15 is 0 Å². The van der Waals surface area contributed by atoms with Gasteiger partial charge in [-0.2, -0.15) is 0 Å². The Morgan fingerprint density at radius 3 is 2.74 bits per heavy atom. The summed E-state index contributed by atoms with van der Waals surface area (Å²) in [6, 6.07) is 9.57. The first-order valence-corrected chi connectivity index (χ1v) is 6.67. The van der Waals surface area contributed by atoms with Crippen LogP contribution in [0.25, 0.3) is 0 Å². The molecule has 19 heavy (non-hydrogen) atoms. The maximum Gasteiger partial charge on any atom is 0.256 e. The number of rotatable bonds is 2. The first-order valence-electron chi connectivity index (χ1n) is 5.50. The number of nitrogens with one attached hydrogen (secondary N) is 1. The van der Waals surface area contributed by atoms with Crippen LogP contribution in [0.1, 0.15) is 15.9 Å². The molecule has 0 aromatic heterocycles. The standard InChI is InChI=1S/C14H10BrClFNO/c1-8-5-6-9(15)7-10(8)14(19)18-13-11(16)3-2-4-12(13)17/h2-7H,1H3,(H,18,19). The molecule has 1 N–H and O–H groups in total. The van der Waals surface area contributed by atoms with E-state index < -0.39 is 11.7 Å². The highest BCUT2D eigenvalue weighted by Gasteiger charge is 2.14. The molecule has 98 valence electrons. The first-order chi connectivity index (χ1) is 8.99. The molecule has 0 unspecified atom stereocenters. The number of hydrogen-bond donors (Lipinski definition) is 1. The summed E-state index contributed by atoms with van der Waals surface area (Å²) in [5, 5.41) is 2.66. The molecule has 0 saturated carbocycles. The lowest BCUT2D eigenvalue weighted by molar-refractivity contribution is 0.102. The molecule has 0 atom stereocenters. The van der Waals surface area contributed by atoms with Crippen molar-refractivity contribution in [3.63, 3.8) is 0 Å². The van der Waals surface area contributed by atoms with Crippen LogP contribution in [0.15, 0.2) is 40.9 Å². The smallest absolute Gasteiger partial charge is 0.256 e. The van der Waals surface area contributed by atoms with E-state index in [1.54, 1.807) is 6.07 Å². The molecule has 0 spiro atoms. The van der Waals surface area contributed by atoms with Crippen molar-refractivity contribution < 1.29 is 9.18 Å². The highest BCUT2D eigenvalue weighted by atomic mass is 79.9. The molecule has 2 nitrogen and oxygen atoms in total. The molecular formula is C14H10BrClFNO. The predicted octanol–water partition coefficient (Wildman–Crippen LogP) is 4.80. The van der Waals surface area contributed by atoms with Crippen LogP contribution in [0.3, 0.4) is 0 Å². The molecule has 2 aromatic rings. The van der Waals surface area contributed by atoms with Crippen LogP contribution in [-0.4, -0.2) is 5.91 Å². The third-order valence-corrected chi connectivity index (χ3v) is 3.45. The van der Waals surface area contributed by atoms with Gasteiger partial charge in [0.2, 0.25) is 0 Å². The van der Waals surface area contributed by atoms with Crippen molar-refractivity contribution in [2.45, 2.75) is 6.92 Å². The Balaban J connectivity index is 2.34. The summed E-state index contributed by atoms with van der Waals surface area (Å²) in [6.07, 6.45) is 0. The van der Waals surface area contributed by atoms with E-state index in [9.17, 15) is 9.18 Å². The minimum atomic E-state index is -0.562. The van der Waals surface area contributed by atoms with E-state index in [-0.39, 0.29) is 10.7 Å². The summed E-state index contributed by atoms with van der Waals surface area (Å²) >= 11 is 9.17. The molecule has 0 aliphatic carbocycles. The molecule has 1 amide bonds. The van der Waals surface area contributed by atoms with Crippen molar-refractivity contribution in [3.8, 4) is 0 Å². The van der Waals surface area contributed by atoms with Gasteiger partial charge in [-0.05, 0) is 36.8 Å². The molecule has 0 aliphatic rings. The van der Waals surface area contributed by atoms with Gasteiger partial charge in [-0.25, -0.2) is 4.39 Å². The van der Waals surface area contributed by atoms with Gasteiger partial charge in [0.1, 0.15) is 5.82 Å². The van der Waals surface area contributed by atoms with Gasteiger partial charge in [-0.1, -0.05) is 39.7 Å². The average molecular weight is 343 g/mol. The van der Waals surface area contributed by atoms with E-state index in [1.165, 1.54) is 18.2 Å². The van der Waals surface area contributed by atoms with Crippen LogP contribution in [0, 0.1) is 12.7 Å². The van der Waals surface area contributed by atoms with Crippen LogP contribution in [0.4, 0.5) is 10.1 Å². The van der Waals surface area contributed by atoms with E-state index in [1.807, 2.05) is 19.1 Å². The van der Waals surface area contributed by atoms with Gasteiger partial charge in [-0.3, -0.25) is 4.79 Å². The molecule has 5 heteroatoms. The lowest BCUT2D eigenvalue weighted by atomic mass is 10.1. The van der Waals surface area contributed by atoms with Gasteiger partial charge >= 0.3 is 0 Å². The molecule has 0 bridgehead atoms. The van der Waals surface area contributed by atoms with E-state index in [0.29, 0.717) is 5.56 Å². The van der Waals surface area contributed by atoms with Crippen molar-refractivity contribution in [1.82, 2.24) is 0 Å². The van der Waals surface area contributed by atoms with Crippen molar-refractivity contribution in [1.29, 1.82) is 0 Å². The highest BCUT2D eigenvalue weighted by molar-refractivity contribution is 9.10. The fraction of sp³-hybridized carbons (Fsp3) is 0.0714. The highest BCUT2D eigenvalue weighted by Crippen LogP contribution is 2.26. The maximum absolute atomic E-state index is 13.6. The van der Waals surface area contributed by atoms with Crippen molar-refractivity contribution >= 4 is 39.1 Å². The summed E-state index contributed by atoms with van der Waals surface area (Å²) in [5.41, 5.74) is 1.26. The van der Waals surface area contributed by atoms with Crippen molar-refractivity contribution in [2.75, 3.05) is 5.32 Å². The Bertz CT molecular complexity index is 625. The number of halogens is 3. The number of carbonyl (C=O) groups excluding carboxylic acids is 1. The van der Waals surface area contributed by atoms with E-state index in [0.717, 1.165) is 10.0 Å². The lowest BCUT2D eigenvalue weighted by Crippen LogP contribution is -2.14. The monoisotopic (exact) mass is 341 g/mol. The van der Waals surface area contributed by atoms with Crippen LogP contribution in [0.5, 0.6) is 0 Å². The second-order valence-corrected chi connectivity index (χ2v) is 5.33. The zero-order valence-corrected chi connectivity index (χ0v) is 12.3. The Morgan fingerprint density at radius 2 is 2.05 bits per heavy atom. The molecule has 0 radical (unpaired) electrons. The first kappa shape index (κ1) is 14.0. The van der Waals surface area contributed by atoms with Gasteiger partial charge in [0.15, 0.2) is 0 Å². The molecular weight excluding hydrogens is 333 g/mol. The summed E-state index contributed by atoms with van der Waals surface area (Å²) in [4.78, 5) is 12.1. The molecule has 0 aliphatic heterocycles. The van der Waals surface area contributed by atoms with Crippen LogP contribution in [-0.2, 0) is 0 Å². The van der Waals surface area contributed by atoms with E-state index in [4.69, 9.17) is 11.6 Å². The zero-order valence-electron chi connectivity index (χ0n) is 10.0. The molecule has 2 rings (SSSR count). The normalized spacial score (nSPS) is 10.3. The molecule has 0 saturated heterocycles. The second kappa shape index (κ2) is 5.72. The Labute approximate surface area is 123 Å². The number of carbonyl (C=O) groups is 1. The summed E-state index contributed by atoms with van der Waals surface area (Å²) < 4.78 is 14.4. The number of amides is 1. The van der Waals surface area contributed by atoms with Crippen molar-refractivity contribution in [3.05, 3.63) is 62.8 Å². The van der Waals surface area contributed by atoms with Crippen LogP contribution < -0.4 is 5.32 Å². The minimum Gasteiger partial charge on any atom is -0.318 e. The summed E-state index contributed by atoms with van der Waals surface area (Å²) in [6.45, 7) is 1.81. The molecule has 0 heterocycles. The SMILES string of the molecule is Cc1ccc(Br)cc1C(=O)Nc1c(F)cccc1Cl. The quantitative estimate of drug-likeness (QED) is 0.834. The zero-order chi connectivity index (χ0) is 14.0. The van der Waals surface area contributed by atoms with Crippen molar-refractivity contribution in [2.24, 2.45) is 0 Å².